The van der Waals surface area contributed by atoms with Crippen LogP contribution in [0.4, 0.5) is 0 Å². The Morgan fingerprint density at radius 3 is 3.00 bits per heavy atom. The van der Waals surface area contributed by atoms with Crippen LogP contribution in [0.2, 0.25) is 5.02 Å². The number of hydrogen-bond acceptors (Lipinski definition) is 5. The number of nitrogens with two attached hydrogens (primary N) is 1. The molecule has 0 saturated carbocycles. The van der Waals surface area contributed by atoms with Gasteiger partial charge in [-0.05, 0) is 0 Å². The Hall–Kier alpha value is -1.17. The molecule has 2 rings (SSSR count). The van der Waals surface area contributed by atoms with Gasteiger partial charge in [0.1, 0.15) is 5.75 Å². The molecule has 0 bridgehead atoms. The van der Waals surface area contributed by atoms with Gasteiger partial charge in [-0.3, -0.25) is 0 Å². The van der Waals surface area contributed by atoms with E-state index in [2.05, 4.69) is 4.84 Å². The summed E-state index contributed by atoms with van der Waals surface area (Å²) in [5, 5.41) is 0.485. The van der Waals surface area contributed by atoms with Crippen molar-refractivity contribution in [1.29, 1.82) is 0 Å². The third-order valence-electron chi connectivity index (χ3n) is 2.34. The van der Waals surface area contributed by atoms with Gasteiger partial charge in [0.05, 0.1) is 18.7 Å². The number of fused-ring (bicyclic) bond motifs is 1. The number of halogens is 1. The van der Waals surface area contributed by atoms with Crippen molar-refractivity contribution in [2.24, 2.45) is 5.90 Å². The fourth-order valence-corrected chi connectivity index (χ4v) is 1.96. The molecule has 1 aromatic rings. The van der Waals surface area contributed by atoms with Gasteiger partial charge >= 0.3 is 0 Å². The van der Waals surface area contributed by atoms with Crippen molar-refractivity contribution in [2.75, 3.05) is 20.5 Å². The summed E-state index contributed by atoms with van der Waals surface area (Å²) in [7, 11) is 1.55. The topological polar surface area (TPSA) is 62.9 Å². The van der Waals surface area contributed by atoms with Crippen LogP contribution in [0, 0.1) is 0 Å². The molecule has 1 aliphatic rings. The predicted molar refractivity (Wildman–Crippen MR) is 58.0 cm³/mol. The fraction of sp³-hybridized carbons (Fsp3) is 0.400. The van der Waals surface area contributed by atoms with E-state index in [1.807, 2.05) is 0 Å². The summed E-state index contributed by atoms with van der Waals surface area (Å²) in [5.41, 5.74) is 0.813. The van der Waals surface area contributed by atoms with Crippen LogP contribution in [0.3, 0.4) is 0 Å². The third-order valence-corrected chi connectivity index (χ3v) is 2.62. The van der Waals surface area contributed by atoms with Gasteiger partial charge < -0.3 is 19.0 Å². The average molecular weight is 246 g/mol. The zero-order chi connectivity index (χ0) is 11.5. The Kier molecular flexibility index (Phi) is 3.38. The van der Waals surface area contributed by atoms with Crippen molar-refractivity contribution < 1.29 is 19.0 Å². The molecule has 5 nitrogen and oxygen atoms in total. The molecule has 1 heterocycles. The van der Waals surface area contributed by atoms with Gasteiger partial charge in [0.15, 0.2) is 11.5 Å². The first-order valence-corrected chi connectivity index (χ1v) is 5.12. The highest BCUT2D eigenvalue weighted by Crippen LogP contribution is 2.45. The minimum atomic E-state index is 0.190. The maximum absolute atomic E-state index is 6.06. The predicted octanol–water partition coefficient (Wildman–Crippen LogP) is 1.51. The smallest absolute Gasteiger partial charge is 0.231 e. The second kappa shape index (κ2) is 4.78. The van der Waals surface area contributed by atoms with Crippen LogP contribution in [0.25, 0.3) is 0 Å². The lowest BCUT2D eigenvalue weighted by molar-refractivity contribution is 0.139. The van der Waals surface area contributed by atoms with Gasteiger partial charge in [0.25, 0.3) is 0 Å². The van der Waals surface area contributed by atoms with Crippen molar-refractivity contribution >= 4 is 11.6 Å². The first-order valence-electron chi connectivity index (χ1n) is 4.74. The quantitative estimate of drug-likeness (QED) is 0.815. The number of ether oxygens (including phenoxy) is 3. The standard InChI is InChI=1S/C10H12ClNO4/c1-13-9-6(2-3-16-12)10-8(4-7(9)11)14-5-15-10/h4H,2-3,5,12H2,1H3. The number of hydrogen-bond donors (Lipinski definition) is 1. The van der Waals surface area contributed by atoms with Gasteiger partial charge in [-0.2, -0.15) is 0 Å². The molecule has 16 heavy (non-hydrogen) atoms. The summed E-state index contributed by atoms with van der Waals surface area (Å²) < 4.78 is 15.9. The van der Waals surface area contributed by atoms with E-state index in [9.17, 15) is 0 Å². The first kappa shape index (κ1) is 11.3. The van der Waals surface area contributed by atoms with Crippen LogP contribution >= 0.6 is 11.6 Å². The highest BCUT2D eigenvalue weighted by molar-refractivity contribution is 6.32. The molecule has 0 saturated heterocycles. The number of methoxy groups -OCH3 is 1. The molecule has 0 unspecified atom stereocenters. The van der Waals surface area contributed by atoms with Gasteiger partial charge in [0, 0.05) is 18.1 Å². The molecule has 0 fully saturated rings. The second-order valence-corrected chi connectivity index (χ2v) is 3.63. The SMILES string of the molecule is COc1c(Cl)cc2c(c1CCON)OCO2. The molecule has 0 radical (unpaired) electrons. The highest BCUT2D eigenvalue weighted by Gasteiger charge is 2.24. The van der Waals surface area contributed by atoms with Gasteiger partial charge in [-0.25, -0.2) is 5.90 Å². The Morgan fingerprint density at radius 1 is 1.50 bits per heavy atom. The molecule has 1 aromatic carbocycles. The molecule has 1 aliphatic heterocycles. The summed E-state index contributed by atoms with van der Waals surface area (Å²) in [6.45, 7) is 0.543. The lowest BCUT2D eigenvalue weighted by Crippen LogP contribution is -2.06. The molecule has 2 N–H and O–H groups in total. The molecule has 0 amide bonds. The molecule has 0 spiro atoms. The summed E-state index contributed by atoms with van der Waals surface area (Å²) in [4.78, 5) is 4.55. The molecule has 6 heteroatoms. The minimum Gasteiger partial charge on any atom is -0.495 e. The lowest BCUT2D eigenvalue weighted by Gasteiger charge is -2.12. The zero-order valence-corrected chi connectivity index (χ0v) is 9.54. The maximum Gasteiger partial charge on any atom is 0.231 e. The molecule has 0 aliphatic carbocycles. The van der Waals surface area contributed by atoms with E-state index in [-0.39, 0.29) is 6.79 Å². The summed E-state index contributed by atoms with van der Waals surface area (Å²) in [6, 6.07) is 1.68. The Balaban J connectivity index is 2.44. The fourth-order valence-electron chi connectivity index (χ4n) is 1.67. The van der Waals surface area contributed by atoms with Crippen LogP contribution in [-0.4, -0.2) is 20.5 Å². The van der Waals surface area contributed by atoms with Gasteiger partial charge in [-0.1, -0.05) is 11.6 Å². The van der Waals surface area contributed by atoms with Gasteiger partial charge in [-0.15, -0.1) is 0 Å². The lowest BCUT2D eigenvalue weighted by atomic mass is 10.1. The summed E-state index contributed by atoms with van der Waals surface area (Å²) in [5.74, 6) is 6.85. The first-order chi connectivity index (χ1) is 7.77. The third kappa shape index (κ3) is 1.89. The van der Waals surface area contributed by atoms with Crippen molar-refractivity contribution in [3.05, 3.63) is 16.7 Å². The Bertz CT molecular complexity index is 393. The number of benzene rings is 1. The van der Waals surface area contributed by atoms with E-state index >= 15 is 0 Å². The average Bonchev–Trinajstić information content (AvgIpc) is 2.72. The van der Waals surface area contributed by atoms with Crippen LogP contribution < -0.4 is 20.1 Å². The van der Waals surface area contributed by atoms with Crippen LogP contribution in [0.1, 0.15) is 5.56 Å². The van der Waals surface area contributed by atoms with E-state index in [1.54, 1.807) is 13.2 Å². The summed E-state index contributed by atoms with van der Waals surface area (Å²) >= 11 is 6.06. The van der Waals surface area contributed by atoms with Crippen LogP contribution in [-0.2, 0) is 11.3 Å². The molecular weight excluding hydrogens is 234 g/mol. The van der Waals surface area contributed by atoms with E-state index in [4.69, 9.17) is 31.7 Å². The molecule has 0 atom stereocenters. The van der Waals surface area contributed by atoms with Crippen molar-refractivity contribution in [3.63, 3.8) is 0 Å². The Morgan fingerprint density at radius 2 is 2.31 bits per heavy atom. The van der Waals surface area contributed by atoms with Crippen molar-refractivity contribution in [2.45, 2.75) is 6.42 Å². The van der Waals surface area contributed by atoms with Crippen LogP contribution in [0.5, 0.6) is 17.2 Å². The van der Waals surface area contributed by atoms with Gasteiger partial charge in [0.2, 0.25) is 6.79 Å². The highest BCUT2D eigenvalue weighted by atomic mass is 35.5. The monoisotopic (exact) mass is 245 g/mol. The minimum absolute atomic E-state index is 0.190. The summed E-state index contributed by atoms with van der Waals surface area (Å²) in [6.07, 6.45) is 0.548. The molecular formula is C10H12ClNO4. The zero-order valence-electron chi connectivity index (χ0n) is 8.79. The van der Waals surface area contributed by atoms with Crippen LogP contribution in [0.15, 0.2) is 6.07 Å². The Labute approximate surface area is 97.9 Å². The second-order valence-electron chi connectivity index (χ2n) is 3.22. The largest absolute Gasteiger partial charge is 0.495 e. The van der Waals surface area contributed by atoms with Crippen molar-refractivity contribution in [3.8, 4) is 17.2 Å². The van der Waals surface area contributed by atoms with E-state index in [1.165, 1.54) is 0 Å². The van der Waals surface area contributed by atoms with E-state index < -0.39 is 0 Å². The molecule has 88 valence electrons. The van der Waals surface area contributed by atoms with Crippen molar-refractivity contribution in [1.82, 2.24) is 0 Å². The van der Waals surface area contributed by atoms with E-state index in [0.717, 1.165) is 5.56 Å². The number of rotatable bonds is 4. The maximum atomic E-state index is 6.06. The molecule has 0 aromatic heterocycles. The van der Waals surface area contributed by atoms with E-state index in [0.29, 0.717) is 35.3 Å². The normalized spacial score (nSPS) is 12.9.